The molecule has 0 aliphatic carbocycles. The van der Waals surface area contributed by atoms with Crippen LogP contribution in [-0.4, -0.2) is 44.2 Å². The summed E-state index contributed by atoms with van der Waals surface area (Å²) in [7, 11) is 0. The molecule has 1 aromatic carbocycles. The normalized spacial score (nSPS) is 25.4. The van der Waals surface area contributed by atoms with Gasteiger partial charge in [-0.05, 0) is 56.4 Å². The number of likely N-dealkylation sites (N-methyl/N-ethyl adjacent to an activating group) is 1. The Labute approximate surface area is 128 Å². The Balaban J connectivity index is 1.61. The molecule has 1 N–H and O–H groups in total. The van der Waals surface area contributed by atoms with Gasteiger partial charge in [-0.15, -0.1) is 0 Å². The molecule has 0 bridgehead atoms. The maximum absolute atomic E-state index is 5.79. The summed E-state index contributed by atoms with van der Waals surface area (Å²) in [4.78, 5) is 2.64. The molecule has 0 aromatic heterocycles. The molecule has 0 amide bonds. The minimum Gasteiger partial charge on any atom is -0.493 e. The zero-order valence-corrected chi connectivity index (χ0v) is 13.2. The summed E-state index contributed by atoms with van der Waals surface area (Å²) in [6.45, 7) is 9.12. The number of ether oxygens (including phenoxy) is 1. The van der Waals surface area contributed by atoms with Gasteiger partial charge >= 0.3 is 0 Å². The number of nitrogens with one attached hydrogen (secondary N) is 1. The summed E-state index contributed by atoms with van der Waals surface area (Å²) in [6.07, 6.45) is 3.87. The van der Waals surface area contributed by atoms with Crippen molar-refractivity contribution in [3.8, 4) is 5.75 Å². The second-order valence-electron chi connectivity index (χ2n) is 6.44. The molecular weight excluding hydrogens is 260 g/mol. The lowest BCUT2D eigenvalue weighted by Crippen LogP contribution is -2.40. The molecule has 2 atom stereocenters. The number of hydrogen-bond acceptors (Lipinski definition) is 3. The number of fused-ring (bicyclic) bond motifs is 1. The first-order valence-electron chi connectivity index (χ1n) is 8.51. The Morgan fingerprint density at radius 3 is 2.95 bits per heavy atom. The Morgan fingerprint density at radius 2 is 2.14 bits per heavy atom. The van der Waals surface area contributed by atoms with E-state index in [0.29, 0.717) is 5.92 Å². The third-order valence-corrected chi connectivity index (χ3v) is 4.92. The van der Waals surface area contributed by atoms with Crippen molar-refractivity contribution in [1.29, 1.82) is 0 Å². The van der Waals surface area contributed by atoms with Gasteiger partial charge in [-0.1, -0.05) is 25.1 Å². The van der Waals surface area contributed by atoms with Gasteiger partial charge in [0.15, 0.2) is 0 Å². The van der Waals surface area contributed by atoms with Crippen LogP contribution >= 0.6 is 0 Å². The zero-order valence-electron chi connectivity index (χ0n) is 13.2. The van der Waals surface area contributed by atoms with Crippen LogP contribution in [0.3, 0.4) is 0 Å². The fourth-order valence-corrected chi connectivity index (χ4v) is 3.69. The SMILES string of the molecule is CCN(CC1CCCNC1)CC1CCOc2ccccc21. The number of rotatable bonds is 5. The summed E-state index contributed by atoms with van der Waals surface area (Å²) < 4.78 is 5.79. The minimum atomic E-state index is 0.631. The lowest BCUT2D eigenvalue weighted by Gasteiger charge is -2.34. The van der Waals surface area contributed by atoms with E-state index in [1.807, 2.05) is 0 Å². The highest BCUT2D eigenvalue weighted by atomic mass is 16.5. The predicted molar refractivity (Wildman–Crippen MR) is 87.0 cm³/mol. The second-order valence-corrected chi connectivity index (χ2v) is 6.44. The first-order valence-corrected chi connectivity index (χ1v) is 8.51. The van der Waals surface area contributed by atoms with E-state index in [4.69, 9.17) is 4.74 Å². The maximum atomic E-state index is 5.79. The van der Waals surface area contributed by atoms with Crippen molar-refractivity contribution in [1.82, 2.24) is 10.2 Å². The standard InChI is InChI=1S/C18H28N2O/c1-2-20(13-15-6-5-10-19-12-15)14-16-9-11-21-18-8-4-3-7-17(16)18/h3-4,7-8,15-16,19H,2,5-6,9-14H2,1H3. The van der Waals surface area contributed by atoms with E-state index in [9.17, 15) is 0 Å². The van der Waals surface area contributed by atoms with E-state index in [1.165, 1.54) is 44.6 Å². The third kappa shape index (κ3) is 3.78. The van der Waals surface area contributed by atoms with E-state index in [2.05, 4.69) is 41.4 Å². The van der Waals surface area contributed by atoms with Gasteiger partial charge < -0.3 is 15.0 Å². The quantitative estimate of drug-likeness (QED) is 0.901. The highest BCUT2D eigenvalue weighted by Gasteiger charge is 2.24. The van der Waals surface area contributed by atoms with Crippen molar-refractivity contribution in [2.75, 3.05) is 39.3 Å². The number of benzene rings is 1. The average molecular weight is 288 g/mol. The van der Waals surface area contributed by atoms with Crippen LogP contribution in [-0.2, 0) is 0 Å². The van der Waals surface area contributed by atoms with E-state index >= 15 is 0 Å². The van der Waals surface area contributed by atoms with Gasteiger partial charge in [-0.25, -0.2) is 0 Å². The van der Waals surface area contributed by atoms with Crippen LogP contribution in [0.1, 0.15) is 37.7 Å². The lowest BCUT2D eigenvalue weighted by atomic mass is 9.91. The fraction of sp³-hybridized carbons (Fsp3) is 0.667. The van der Waals surface area contributed by atoms with Crippen molar-refractivity contribution >= 4 is 0 Å². The number of nitrogens with zero attached hydrogens (tertiary/aromatic N) is 1. The molecular formula is C18H28N2O. The summed E-state index contributed by atoms with van der Waals surface area (Å²) in [5.74, 6) is 2.56. The van der Waals surface area contributed by atoms with Crippen molar-refractivity contribution in [2.24, 2.45) is 5.92 Å². The molecule has 0 spiro atoms. The fourth-order valence-electron chi connectivity index (χ4n) is 3.69. The van der Waals surface area contributed by atoms with Crippen molar-refractivity contribution < 1.29 is 4.74 Å². The van der Waals surface area contributed by atoms with Gasteiger partial charge in [0.2, 0.25) is 0 Å². The summed E-state index contributed by atoms with van der Waals surface area (Å²) >= 11 is 0. The van der Waals surface area contributed by atoms with Gasteiger partial charge in [0.1, 0.15) is 5.75 Å². The van der Waals surface area contributed by atoms with Crippen LogP contribution in [0, 0.1) is 5.92 Å². The van der Waals surface area contributed by atoms with E-state index in [0.717, 1.165) is 31.2 Å². The van der Waals surface area contributed by atoms with Crippen LogP contribution in [0.5, 0.6) is 5.75 Å². The van der Waals surface area contributed by atoms with Gasteiger partial charge in [-0.2, -0.15) is 0 Å². The predicted octanol–water partition coefficient (Wildman–Crippen LogP) is 2.87. The Bertz CT molecular complexity index is 443. The summed E-state index contributed by atoms with van der Waals surface area (Å²) in [5.41, 5.74) is 1.41. The molecule has 116 valence electrons. The summed E-state index contributed by atoms with van der Waals surface area (Å²) in [5, 5.41) is 3.54. The molecule has 3 nitrogen and oxygen atoms in total. The van der Waals surface area contributed by atoms with Crippen LogP contribution in [0.15, 0.2) is 24.3 Å². The topological polar surface area (TPSA) is 24.5 Å². The van der Waals surface area contributed by atoms with Crippen LogP contribution in [0.2, 0.25) is 0 Å². The van der Waals surface area contributed by atoms with Gasteiger partial charge in [-0.3, -0.25) is 0 Å². The highest BCUT2D eigenvalue weighted by Crippen LogP contribution is 2.34. The molecule has 1 aromatic rings. The number of piperidine rings is 1. The largest absolute Gasteiger partial charge is 0.493 e. The molecule has 2 heterocycles. The Morgan fingerprint density at radius 1 is 1.24 bits per heavy atom. The molecule has 2 aliphatic rings. The maximum Gasteiger partial charge on any atom is 0.122 e. The first-order chi connectivity index (χ1) is 10.4. The highest BCUT2D eigenvalue weighted by molar-refractivity contribution is 5.37. The number of hydrogen-bond donors (Lipinski definition) is 1. The molecule has 1 fully saturated rings. The molecule has 21 heavy (non-hydrogen) atoms. The zero-order chi connectivity index (χ0) is 14.5. The molecule has 3 rings (SSSR count). The van der Waals surface area contributed by atoms with Crippen molar-refractivity contribution in [3.05, 3.63) is 29.8 Å². The van der Waals surface area contributed by atoms with Crippen LogP contribution in [0.25, 0.3) is 0 Å². The number of para-hydroxylation sites is 1. The Hall–Kier alpha value is -1.06. The third-order valence-electron chi connectivity index (χ3n) is 4.92. The van der Waals surface area contributed by atoms with Crippen molar-refractivity contribution in [2.45, 2.75) is 32.1 Å². The molecule has 3 heteroatoms. The van der Waals surface area contributed by atoms with Gasteiger partial charge in [0.05, 0.1) is 6.61 Å². The average Bonchev–Trinajstić information content (AvgIpc) is 2.55. The first kappa shape index (κ1) is 14.9. The van der Waals surface area contributed by atoms with Crippen LogP contribution < -0.4 is 10.1 Å². The molecule has 1 saturated heterocycles. The second kappa shape index (κ2) is 7.28. The van der Waals surface area contributed by atoms with Crippen molar-refractivity contribution in [3.63, 3.8) is 0 Å². The van der Waals surface area contributed by atoms with E-state index in [1.54, 1.807) is 0 Å². The summed E-state index contributed by atoms with van der Waals surface area (Å²) in [6, 6.07) is 8.58. The Kier molecular flexibility index (Phi) is 5.15. The monoisotopic (exact) mass is 288 g/mol. The minimum absolute atomic E-state index is 0.631. The van der Waals surface area contributed by atoms with Gasteiger partial charge in [0.25, 0.3) is 0 Å². The van der Waals surface area contributed by atoms with Crippen LogP contribution in [0.4, 0.5) is 0 Å². The molecule has 0 radical (unpaired) electrons. The van der Waals surface area contributed by atoms with E-state index < -0.39 is 0 Å². The lowest BCUT2D eigenvalue weighted by molar-refractivity contribution is 0.184. The smallest absolute Gasteiger partial charge is 0.122 e. The molecule has 2 aliphatic heterocycles. The van der Waals surface area contributed by atoms with Gasteiger partial charge in [0, 0.05) is 19.0 Å². The molecule has 2 unspecified atom stereocenters. The van der Waals surface area contributed by atoms with E-state index in [-0.39, 0.29) is 0 Å². The molecule has 0 saturated carbocycles.